The lowest BCUT2D eigenvalue weighted by Crippen LogP contribution is -2.46. The summed E-state index contributed by atoms with van der Waals surface area (Å²) in [6.45, 7) is 8.22. The molecule has 4 heterocycles. The van der Waals surface area contributed by atoms with E-state index in [0.29, 0.717) is 5.92 Å². The summed E-state index contributed by atoms with van der Waals surface area (Å²) in [7, 11) is 0. The second-order valence-corrected chi connectivity index (χ2v) is 7.08. The smallest absolute Gasteiger partial charge is 0.160 e. The molecule has 1 aliphatic heterocycles. The largest absolute Gasteiger partial charge is 0.355 e. The van der Waals surface area contributed by atoms with Crippen LogP contribution in [-0.4, -0.2) is 37.7 Å². The molecule has 0 N–H and O–H groups in total. The normalized spacial score (nSPS) is 15.9. The Morgan fingerprint density at radius 2 is 1.91 bits per heavy atom. The zero-order valence-electron chi connectivity index (χ0n) is 13.6. The maximum Gasteiger partial charge on any atom is 0.160 e. The van der Waals surface area contributed by atoms with Crippen molar-refractivity contribution >= 4 is 11.5 Å². The van der Waals surface area contributed by atoms with Crippen LogP contribution in [-0.2, 0) is 5.41 Å². The summed E-state index contributed by atoms with van der Waals surface area (Å²) in [6, 6.07) is 7.95. The van der Waals surface area contributed by atoms with Crippen LogP contribution in [0.3, 0.4) is 0 Å². The molecule has 0 amide bonds. The fraction of sp³-hybridized carbons (Fsp3) is 0.412. The molecule has 0 aliphatic carbocycles. The number of nitrogens with zero attached hydrogens (tertiary/aromatic N) is 6. The first kappa shape index (κ1) is 14.1. The number of fused-ring (bicyclic) bond motifs is 1. The molecule has 0 unspecified atom stereocenters. The minimum atomic E-state index is -0.0382. The highest BCUT2D eigenvalue weighted by atomic mass is 15.3. The molecular formula is C17H20N6. The van der Waals surface area contributed by atoms with E-state index < -0.39 is 0 Å². The lowest BCUT2D eigenvalue weighted by molar-refractivity contribution is 0.486. The molecule has 1 saturated heterocycles. The molecule has 0 radical (unpaired) electrons. The van der Waals surface area contributed by atoms with Crippen LogP contribution in [0.2, 0.25) is 0 Å². The summed E-state index contributed by atoms with van der Waals surface area (Å²) in [4.78, 5) is 11.4. The second-order valence-electron chi connectivity index (χ2n) is 7.08. The molecule has 23 heavy (non-hydrogen) atoms. The Hall–Kier alpha value is -2.50. The Morgan fingerprint density at radius 3 is 2.70 bits per heavy atom. The number of hydrogen-bond donors (Lipinski definition) is 0. The van der Waals surface area contributed by atoms with Gasteiger partial charge in [0.05, 0.1) is 5.92 Å². The van der Waals surface area contributed by atoms with Crippen molar-refractivity contribution in [1.29, 1.82) is 0 Å². The summed E-state index contributed by atoms with van der Waals surface area (Å²) in [6.07, 6.45) is 3.87. The third kappa shape index (κ3) is 2.44. The van der Waals surface area contributed by atoms with Crippen molar-refractivity contribution in [1.82, 2.24) is 24.6 Å². The zero-order chi connectivity index (χ0) is 16.0. The van der Waals surface area contributed by atoms with Gasteiger partial charge in [-0.25, -0.2) is 9.97 Å². The summed E-state index contributed by atoms with van der Waals surface area (Å²) in [5.74, 6) is 3.30. The van der Waals surface area contributed by atoms with Crippen molar-refractivity contribution in [2.24, 2.45) is 0 Å². The molecule has 0 bridgehead atoms. The maximum absolute atomic E-state index is 4.72. The van der Waals surface area contributed by atoms with E-state index in [4.69, 9.17) is 4.98 Å². The highest BCUT2D eigenvalue weighted by Gasteiger charge is 2.33. The molecule has 0 spiro atoms. The summed E-state index contributed by atoms with van der Waals surface area (Å²) < 4.78 is 2.07. The van der Waals surface area contributed by atoms with Crippen molar-refractivity contribution in [3.63, 3.8) is 0 Å². The maximum atomic E-state index is 4.72. The number of anilines is 1. The van der Waals surface area contributed by atoms with E-state index in [2.05, 4.69) is 45.3 Å². The molecule has 0 atom stereocenters. The average molecular weight is 308 g/mol. The first-order valence-corrected chi connectivity index (χ1v) is 7.90. The molecule has 118 valence electrons. The van der Waals surface area contributed by atoms with Gasteiger partial charge in [-0.15, -0.1) is 10.2 Å². The van der Waals surface area contributed by atoms with Crippen molar-refractivity contribution < 1.29 is 0 Å². The van der Waals surface area contributed by atoms with Crippen LogP contribution >= 0.6 is 0 Å². The highest BCUT2D eigenvalue weighted by Crippen LogP contribution is 2.30. The van der Waals surface area contributed by atoms with Gasteiger partial charge in [-0.3, -0.25) is 4.40 Å². The van der Waals surface area contributed by atoms with Crippen LogP contribution in [0, 0.1) is 0 Å². The van der Waals surface area contributed by atoms with Gasteiger partial charge < -0.3 is 4.90 Å². The Morgan fingerprint density at radius 1 is 1.09 bits per heavy atom. The molecule has 3 aromatic heterocycles. The fourth-order valence-corrected chi connectivity index (χ4v) is 2.85. The number of hydrogen-bond acceptors (Lipinski definition) is 5. The predicted octanol–water partition coefficient (Wildman–Crippen LogP) is 2.42. The number of rotatable bonds is 2. The van der Waals surface area contributed by atoms with Gasteiger partial charge in [0, 0.05) is 30.9 Å². The standard InChI is InChI=1S/C17H20N6/c1-17(2,3)16-18-8-7-13(19-16)22-10-12(11-22)15-21-20-14-6-4-5-9-23(14)15/h4-9,12H,10-11H2,1-3H3. The van der Waals surface area contributed by atoms with E-state index in [1.165, 1.54) is 0 Å². The third-order valence-electron chi connectivity index (χ3n) is 4.22. The van der Waals surface area contributed by atoms with E-state index in [-0.39, 0.29) is 5.41 Å². The average Bonchev–Trinajstić information content (AvgIpc) is 2.89. The monoisotopic (exact) mass is 308 g/mol. The first-order valence-electron chi connectivity index (χ1n) is 7.90. The molecule has 1 fully saturated rings. The third-order valence-corrected chi connectivity index (χ3v) is 4.22. The van der Waals surface area contributed by atoms with Crippen molar-refractivity contribution in [3.05, 3.63) is 48.3 Å². The minimum Gasteiger partial charge on any atom is -0.355 e. The molecule has 3 aromatic rings. The fourth-order valence-electron chi connectivity index (χ4n) is 2.85. The molecule has 0 saturated carbocycles. The summed E-state index contributed by atoms with van der Waals surface area (Å²) in [5, 5.41) is 8.59. The van der Waals surface area contributed by atoms with Crippen LogP contribution in [0.1, 0.15) is 38.3 Å². The van der Waals surface area contributed by atoms with Gasteiger partial charge >= 0.3 is 0 Å². The topological polar surface area (TPSA) is 59.2 Å². The van der Waals surface area contributed by atoms with Gasteiger partial charge in [-0.2, -0.15) is 0 Å². The van der Waals surface area contributed by atoms with Crippen LogP contribution in [0.4, 0.5) is 5.82 Å². The van der Waals surface area contributed by atoms with Crippen LogP contribution in [0.15, 0.2) is 36.7 Å². The van der Waals surface area contributed by atoms with Gasteiger partial charge in [0.15, 0.2) is 5.65 Å². The van der Waals surface area contributed by atoms with Crippen molar-refractivity contribution in [3.8, 4) is 0 Å². The van der Waals surface area contributed by atoms with Crippen LogP contribution in [0.25, 0.3) is 5.65 Å². The summed E-state index contributed by atoms with van der Waals surface area (Å²) >= 11 is 0. The van der Waals surface area contributed by atoms with Gasteiger partial charge in [-0.1, -0.05) is 26.8 Å². The lowest BCUT2D eigenvalue weighted by atomic mass is 9.95. The van der Waals surface area contributed by atoms with E-state index in [0.717, 1.165) is 36.2 Å². The lowest BCUT2D eigenvalue weighted by Gasteiger charge is -2.39. The molecule has 6 heteroatoms. The van der Waals surface area contributed by atoms with Crippen molar-refractivity contribution in [2.45, 2.75) is 32.1 Å². The molecule has 1 aliphatic rings. The first-order chi connectivity index (χ1) is 11.0. The Bertz CT molecular complexity index is 841. The zero-order valence-corrected chi connectivity index (χ0v) is 13.6. The number of pyridine rings is 1. The quantitative estimate of drug-likeness (QED) is 0.727. The van der Waals surface area contributed by atoms with E-state index >= 15 is 0 Å². The van der Waals surface area contributed by atoms with E-state index in [9.17, 15) is 0 Å². The minimum absolute atomic E-state index is 0.0382. The molecule has 6 nitrogen and oxygen atoms in total. The van der Waals surface area contributed by atoms with Gasteiger partial charge in [0.25, 0.3) is 0 Å². The van der Waals surface area contributed by atoms with E-state index in [1.54, 1.807) is 0 Å². The molecule has 0 aromatic carbocycles. The Labute approximate surface area is 135 Å². The van der Waals surface area contributed by atoms with Gasteiger partial charge in [0.2, 0.25) is 0 Å². The molecular weight excluding hydrogens is 288 g/mol. The second kappa shape index (κ2) is 5.01. The van der Waals surface area contributed by atoms with Crippen molar-refractivity contribution in [2.75, 3.05) is 18.0 Å². The van der Waals surface area contributed by atoms with E-state index in [1.807, 2.05) is 36.7 Å². The SMILES string of the molecule is CC(C)(C)c1nccc(N2CC(c3nnc4ccccn34)C2)n1. The highest BCUT2D eigenvalue weighted by molar-refractivity contribution is 5.45. The molecule has 4 rings (SSSR count). The van der Waals surface area contributed by atoms with Gasteiger partial charge in [0.1, 0.15) is 17.5 Å². The van der Waals surface area contributed by atoms with Gasteiger partial charge in [-0.05, 0) is 18.2 Å². The number of aromatic nitrogens is 5. The van der Waals surface area contributed by atoms with Crippen LogP contribution in [0.5, 0.6) is 0 Å². The predicted molar refractivity (Wildman–Crippen MR) is 88.7 cm³/mol. The Balaban J connectivity index is 1.54. The summed E-state index contributed by atoms with van der Waals surface area (Å²) in [5.41, 5.74) is 0.863. The Kier molecular flexibility index (Phi) is 3.07. The van der Waals surface area contributed by atoms with Crippen LogP contribution < -0.4 is 4.90 Å².